The summed E-state index contributed by atoms with van der Waals surface area (Å²) in [7, 11) is 0. The maximum Gasteiger partial charge on any atom is 0.305 e. The molecule has 1 amide bonds. The van der Waals surface area contributed by atoms with E-state index in [0.717, 1.165) is 44.9 Å². The highest BCUT2D eigenvalue weighted by Crippen LogP contribution is 2.17. The summed E-state index contributed by atoms with van der Waals surface area (Å²) in [5.74, 6) is -0.0301. The lowest BCUT2D eigenvalue weighted by atomic mass is 10.0. The molecule has 0 heterocycles. The van der Waals surface area contributed by atoms with Crippen LogP contribution in [0.1, 0.15) is 328 Å². The number of aliphatic hydroxyl groups is 2. The Morgan fingerprint density at radius 1 is 0.418 bits per heavy atom. The van der Waals surface area contributed by atoms with Crippen LogP contribution in [0.5, 0.6) is 0 Å². The lowest BCUT2D eigenvalue weighted by Crippen LogP contribution is -2.45. The monoisotopic (exact) mass is 944 g/mol. The van der Waals surface area contributed by atoms with Crippen LogP contribution in [0.15, 0.2) is 24.3 Å². The maximum absolute atomic E-state index is 12.4. The van der Waals surface area contributed by atoms with Crippen LogP contribution in [0.3, 0.4) is 0 Å². The molecule has 0 saturated heterocycles. The third kappa shape index (κ3) is 53.5. The highest BCUT2D eigenvalue weighted by Gasteiger charge is 2.20. The van der Waals surface area contributed by atoms with E-state index in [1.807, 2.05) is 0 Å². The van der Waals surface area contributed by atoms with Crippen LogP contribution in [-0.2, 0) is 14.3 Å². The van der Waals surface area contributed by atoms with Crippen molar-refractivity contribution in [2.75, 3.05) is 13.2 Å². The highest BCUT2D eigenvalue weighted by molar-refractivity contribution is 5.76. The molecule has 0 aromatic heterocycles. The van der Waals surface area contributed by atoms with Gasteiger partial charge in [0.25, 0.3) is 0 Å². The first kappa shape index (κ1) is 65.3. The summed E-state index contributed by atoms with van der Waals surface area (Å²) in [6.07, 6.45) is 69.0. The average Bonchev–Trinajstić information content (AvgIpc) is 3.33. The summed E-state index contributed by atoms with van der Waals surface area (Å²) in [5.41, 5.74) is 0. The highest BCUT2D eigenvalue weighted by atomic mass is 16.5. The SMILES string of the molecule is CCCCCCCCCCCCCCCCCC(=O)OCCCCCCCCCCC/C=C\C/C=C\CCCCCCCCCCCC(=O)NC(CO)C(O)CCCCCCCCCCCC. The molecule has 0 spiro atoms. The van der Waals surface area contributed by atoms with Crippen molar-refractivity contribution in [1.29, 1.82) is 0 Å². The van der Waals surface area contributed by atoms with Crippen molar-refractivity contribution in [3.63, 3.8) is 0 Å². The van der Waals surface area contributed by atoms with E-state index in [1.165, 1.54) is 250 Å². The van der Waals surface area contributed by atoms with Crippen LogP contribution in [0.2, 0.25) is 0 Å². The fourth-order valence-electron chi connectivity index (χ4n) is 9.38. The van der Waals surface area contributed by atoms with Crippen LogP contribution in [-0.4, -0.2) is 47.4 Å². The van der Waals surface area contributed by atoms with Gasteiger partial charge in [0.1, 0.15) is 0 Å². The van der Waals surface area contributed by atoms with Crippen LogP contribution >= 0.6 is 0 Å². The minimum atomic E-state index is -0.666. The first-order chi connectivity index (χ1) is 33.0. The predicted octanol–water partition coefficient (Wildman–Crippen LogP) is 18.6. The van der Waals surface area contributed by atoms with E-state index in [-0.39, 0.29) is 18.5 Å². The minimum Gasteiger partial charge on any atom is -0.466 e. The van der Waals surface area contributed by atoms with Gasteiger partial charge in [0.05, 0.1) is 25.4 Å². The van der Waals surface area contributed by atoms with Crippen molar-refractivity contribution < 1.29 is 24.5 Å². The number of hydrogen-bond donors (Lipinski definition) is 3. The topological polar surface area (TPSA) is 95.9 Å². The van der Waals surface area contributed by atoms with Crippen LogP contribution < -0.4 is 5.32 Å². The van der Waals surface area contributed by atoms with Crippen molar-refractivity contribution in [2.45, 2.75) is 341 Å². The Morgan fingerprint density at radius 3 is 1.13 bits per heavy atom. The molecule has 6 nitrogen and oxygen atoms in total. The number of amides is 1. The van der Waals surface area contributed by atoms with Crippen molar-refractivity contribution in [1.82, 2.24) is 5.32 Å². The van der Waals surface area contributed by atoms with Crippen LogP contribution in [0.25, 0.3) is 0 Å². The van der Waals surface area contributed by atoms with Crippen molar-refractivity contribution in [3.8, 4) is 0 Å². The van der Waals surface area contributed by atoms with E-state index in [0.29, 0.717) is 25.9 Å². The van der Waals surface area contributed by atoms with Gasteiger partial charge in [-0.2, -0.15) is 0 Å². The average molecular weight is 945 g/mol. The van der Waals surface area contributed by atoms with Gasteiger partial charge < -0.3 is 20.3 Å². The molecule has 0 fully saturated rings. The molecular weight excluding hydrogens is 827 g/mol. The molecule has 396 valence electrons. The Kier molecular flexibility index (Phi) is 55.5. The van der Waals surface area contributed by atoms with E-state index in [4.69, 9.17) is 4.74 Å². The van der Waals surface area contributed by atoms with Gasteiger partial charge in [-0.3, -0.25) is 9.59 Å². The molecule has 0 rings (SSSR count). The number of rotatable bonds is 56. The molecule has 0 radical (unpaired) electrons. The summed E-state index contributed by atoms with van der Waals surface area (Å²) < 4.78 is 5.48. The molecule has 0 aromatic rings. The summed E-state index contributed by atoms with van der Waals surface area (Å²) in [6, 6.07) is -0.544. The van der Waals surface area contributed by atoms with Crippen molar-refractivity contribution >= 4 is 11.9 Å². The van der Waals surface area contributed by atoms with Crippen molar-refractivity contribution in [2.24, 2.45) is 0 Å². The number of carbonyl (C=O) groups excluding carboxylic acids is 2. The molecule has 6 heteroatoms. The zero-order valence-corrected chi connectivity index (χ0v) is 45.1. The van der Waals surface area contributed by atoms with Gasteiger partial charge in [0, 0.05) is 12.8 Å². The van der Waals surface area contributed by atoms with Gasteiger partial charge in [0.2, 0.25) is 5.91 Å². The zero-order chi connectivity index (χ0) is 48.6. The second-order valence-electron chi connectivity index (χ2n) is 20.7. The summed E-state index contributed by atoms with van der Waals surface area (Å²) in [4.78, 5) is 24.5. The van der Waals surface area contributed by atoms with Gasteiger partial charge in [-0.1, -0.05) is 282 Å². The third-order valence-electron chi connectivity index (χ3n) is 14.0. The fraction of sp³-hybridized carbons (Fsp3) is 0.902. The second-order valence-corrected chi connectivity index (χ2v) is 20.7. The standard InChI is InChI=1S/C61H117NO5/c1-3-5-7-9-11-13-15-16-28-32-35-39-43-47-51-55-61(66)67-56-52-48-44-40-36-33-30-27-25-23-21-19-17-18-20-22-24-26-29-31-34-38-42-46-50-54-60(65)62-58(57-63)59(64)53-49-45-41-37-14-12-10-8-6-4-2/h18-21,58-59,63-64H,3-17,22-57H2,1-2H3,(H,62,65)/b20-18-,21-19-. The lowest BCUT2D eigenvalue weighted by Gasteiger charge is -2.22. The van der Waals surface area contributed by atoms with Gasteiger partial charge in [-0.25, -0.2) is 0 Å². The summed E-state index contributed by atoms with van der Waals surface area (Å²) in [6.45, 7) is 4.95. The van der Waals surface area contributed by atoms with E-state index in [1.54, 1.807) is 0 Å². The number of allylic oxidation sites excluding steroid dienone is 4. The molecule has 2 unspecified atom stereocenters. The summed E-state index contributed by atoms with van der Waals surface area (Å²) in [5, 5.41) is 23.1. The van der Waals surface area contributed by atoms with Gasteiger partial charge in [0.15, 0.2) is 0 Å². The van der Waals surface area contributed by atoms with Gasteiger partial charge in [-0.05, 0) is 57.8 Å². The number of ether oxygens (including phenoxy) is 1. The fourth-order valence-corrected chi connectivity index (χ4v) is 9.38. The Labute approximate surface area is 418 Å². The van der Waals surface area contributed by atoms with Crippen LogP contribution in [0.4, 0.5) is 0 Å². The van der Waals surface area contributed by atoms with Crippen molar-refractivity contribution in [3.05, 3.63) is 24.3 Å². The summed E-state index contributed by atoms with van der Waals surface area (Å²) >= 11 is 0. The normalized spacial score (nSPS) is 12.7. The molecular formula is C61H117NO5. The Balaban J connectivity index is 3.40. The van der Waals surface area contributed by atoms with E-state index in [9.17, 15) is 19.8 Å². The Hall–Kier alpha value is -1.66. The van der Waals surface area contributed by atoms with E-state index < -0.39 is 12.1 Å². The number of unbranched alkanes of at least 4 members (excludes halogenated alkanes) is 41. The molecule has 0 aliphatic heterocycles. The number of hydrogen-bond acceptors (Lipinski definition) is 5. The quantitative estimate of drug-likeness (QED) is 0.0321. The number of carbonyl (C=O) groups is 2. The zero-order valence-electron chi connectivity index (χ0n) is 45.1. The molecule has 0 aromatic carbocycles. The molecule has 0 bridgehead atoms. The van der Waals surface area contributed by atoms with E-state index in [2.05, 4.69) is 43.5 Å². The molecule has 0 aliphatic rings. The Morgan fingerprint density at radius 2 is 0.746 bits per heavy atom. The molecule has 2 atom stereocenters. The second kappa shape index (κ2) is 56.9. The first-order valence-corrected chi connectivity index (χ1v) is 30.1. The molecule has 0 saturated carbocycles. The molecule has 3 N–H and O–H groups in total. The number of esters is 1. The smallest absolute Gasteiger partial charge is 0.305 e. The Bertz CT molecular complexity index is 1040. The largest absolute Gasteiger partial charge is 0.466 e. The van der Waals surface area contributed by atoms with Gasteiger partial charge in [-0.15, -0.1) is 0 Å². The maximum atomic E-state index is 12.4. The number of aliphatic hydroxyl groups excluding tert-OH is 2. The minimum absolute atomic E-state index is 0.0120. The third-order valence-corrected chi connectivity index (χ3v) is 14.0. The van der Waals surface area contributed by atoms with Crippen LogP contribution in [0, 0.1) is 0 Å². The lowest BCUT2D eigenvalue weighted by molar-refractivity contribution is -0.143. The molecule has 0 aliphatic carbocycles. The predicted molar refractivity (Wildman–Crippen MR) is 292 cm³/mol. The molecule has 67 heavy (non-hydrogen) atoms. The first-order valence-electron chi connectivity index (χ1n) is 30.1. The van der Waals surface area contributed by atoms with E-state index >= 15 is 0 Å². The van der Waals surface area contributed by atoms with Gasteiger partial charge >= 0.3 is 5.97 Å². The number of nitrogens with one attached hydrogen (secondary N) is 1.